The quantitative estimate of drug-likeness (QED) is 0.664. The number of benzene rings is 2. The van der Waals surface area contributed by atoms with E-state index in [0.29, 0.717) is 0 Å². The predicted molar refractivity (Wildman–Crippen MR) is 108 cm³/mol. The van der Waals surface area contributed by atoms with Crippen molar-refractivity contribution in [3.05, 3.63) is 71.4 Å². The number of aryl methyl sites for hydroxylation is 2. The van der Waals surface area contributed by atoms with Gasteiger partial charge < -0.3 is 4.74 Å². The van der Waals surface area contributed by atoms with Crippen LogP contribution >= 0.6 is 0 Å². The SMILES string of the molecule is Cc1ccc(-c2nn(-c3ccccc3)cc2/C=N\N2CCOCC2)cc1C. The van der Waals surface area contributed by atoms with Crippen LogP contribution < -0.4 is 0 Å². The molecule has 0 atom stereocenters. The molecule has 0 radical (unpaired) electrons. The van der Waals surface area contributed by atoms with Gasteiger partial charge in [0.15, 0.2) is 0 Å². The molecular formula is C22H24N4O. The van der Waals surface area contributed by atoms with E-state index in [2.05, 4.69) is 49.3 Å². The molecule has 27 heavy (non-hydrogen) atoms. The molecule has 0 amide bonds. The van der Waals surface area contributed by atoms with Crippen molar-refractivity contribution in [3.8, 4) is 16.9 Å². The third kappa shape index (κ3) is 3.93. The number of aromatic nitrogens is 2. The zero-order chi connectivity index (χ0) is 18.6. The molecule has 1 saturated heterocycles. The lowest BCUT2D eigenvalue weighted by molar-refractivity contribution is 0.0397. The third-order valence-corrected chi connectivity index (χ3v) is 4.89. The standard InChI is InChI=1S/C22H24N4O/c1-17-8-9-19(14-18(17)2)22-20(15-23-25-10-12-27-13-11-25)16-26(24-22)21-6-4-3-5-7-21/h3-9,14-16H,10-13H2,1-2H3/b23-15-. The van der Waals surface area contributed by atoms with Gasteiger partial charge in [-0.05, 0) is 43.2 Å². The van der Waals surface area contributed by atoms with Gasteiger partial charge in [0.1, 0.15) is 5.69 Å². The van der Waals surface area contributed by atoms with Crippen molar-refractivity contribution in [2.45, 2.75) is 13.8 Å². The highest BCUT2D eigenvalue weighted by atomic mass is 16.5. The van der Waals surface area contributed by atoms with E-state index >= 15 is 0 Å². The van der Waals surface area contributed by atoms with E-state index in [0.717, 1.165) is 48.8 Å². The second-order valence-electron chi connectivity index (χ2n) is 6.82. The van der Waals surface area contributed by atoms with Gasteiger partial charge in [0.2, 0.25) is 0 Å². The van der Waals surface area contributed by atoms with Crippen LogP contribution in [0.25, 0.3) is 16.9 Å². The maximum atomic E-state index is 5.40. The Kier molecular flexibility index (Phi) is 5.03. The molecule has 3 aromatic rings. The molecule has 4 rings (SSSR count). The highest BCUT2D eigenvalue weighted by Gasteiger charge is 2.13. The van der Waals surface area contributed by atoms with E-state index < -0.39 is 0 Å². The van der Waals surface area contributed by atoms with Gasteiger partial charge in [-0.3, -0.25) is 5.01 Å². The van der Waals surface area contributed by atoms with Crippen molar-refractivity contribution in [1.82, 2.24) is 14.8 Å². The Labute approximate surface area is 159 Å². The topological polar surface area (TPSA) is 42.7 Å². The maximum Gasteiger partial charge on any atom is 0.102 e. The number of hydrogen-bond donors (Lipinski definition) is 0. The average Bonchev–Trinajstić information content (AvgIpc) is 3.14. The zero-order valence-electron chi connectivity index (χ0n) is 15.8. The van der Waals surface area contributed by atoms with Crippen LogP contribution in [-0.2, 0) is 4.74 Å². The maximum absolute atomic E-state index is 5.40. The number of rotatable bonds is 4. The second-order valence-corrected chi connectivity index (χ2v) is 6.82. The summed E-state index contributed by atoms with van der Waals surface area (Å²) in [5.41, 5.74) is 6.64. The zero-order valence-corrected chi connectivity index (χ0v) is 15.8. The monoisotopic (exact) mass is 360 g/mol. The van der Waals surface area contributed by atoms with Crippen molar-refractivity contribution in [1.29, 1.82) is 0 Å². The van der Waals surface area contributed by atoms with Gasteiger partial charge in [-0.1, -0.05) is 30.3 Å². The number of hydrazone groups is 1. The van der Waals surface area contributed by atoms with E-state index in [4.69, 9.17) is 9.84 Å². The molecule has 0 spiro atoms. The van der Waals surface area contributed by atoms with Crippen LogP contribution in [-0.4, -0.2) is 47.3 Å². The summed E-state index contributed by atoms with van der Waals surface area (Å²) in [6.45, 7) is 7.36. The minimum atomic E-state index is 0.727. The number of nitrogens with zero attached hydrogens (tertiary/aromatic N) is 4. The second kappa shape index (κ2) is 7.76. The van der Waals surface area contributed by atoms with Gasteiger partial charge >= 0.3 is 0 Å². The largest absolute Gasteiger partial charge is 0.378 e. The molecule has 0 unspecified atom stereocenters. The van der Waals surface area contributed by atoms with Gasteiger partial charge in [-0.2, -0.15) is 10.2 Å². The Balaban J connectivity index is 1.73. The van der Waals surface area contributed by atoms with Gasteiger partial charge in [0, 0.05) is 17.3 Å². The van der Waals surface area contributed by atoms with E-state index in [1.54, 1.807) is 0 Å². The van der Waals surface area contributed by atoms with Gasteiger partial charge in [0.05, 0.1) is 38.2 Å². The van der Waals surface area contributed by atoms with Crippen LogP contribution in [0.15, 0.2) is 59.8 Å². The summed E-state index contributed by atoms with van der Waals surface area (Å²) in [6, 6.07) is 16.6. The minimum absolute atomic E-state index is 0.727. The van der Waals surface area contributed by atoms with E-state index in [1.807, 2.05) is 40.3 Å². The highest BCUT2D eigenvalue weighted by molar-refractivity contribution is 5.88. The Morgan fingerprint density at radius 3 is 2.52 bits per heavy atom. The van der Waals surface area contributed by atoms with Gasteiger partial charge in [-0.25, -0.2) is 4.68 Å². The van der Waals surface area contributed by atoms with Crippen LogP contribution in [0.4, 0.5) is 0 Å². The molecular weight excluding hydrogens is 336 g/mol. The molecule has 1 aliphatic rings. The lowest BCUT2D eigenvalue weighted by Crippen LogP contribution is -2.32. The minimum Gasteiger partial charge on any atom is -0.378 e. The highest BCUT2D eigenvalue weighted by Crippen LogP contribution is 2.25. The molecule has 1 fully saturated rings. The molecule has 1 aromatic heterocycles. The van der Waals surface area contributed by atoms with Crippen molar-refractivity contribution in [3.63, 3.8) is 0 Å². The molecule has 5 heteroatoms. The summed E-state index contributed by atoms with van der Waals surface area (Å²) >= 11 is 0. The van der Waals surface area contributed by atoms with E-state index in [-0.39, 0.29) is 0 Å². The molecule has 0 aliphatic carbocycles. The molecule has 5 nitrogen and oxygen atoms in total. The first-order valence-corrected chi connectivity index (χ1v) is 9.30. The summed E-state index contributed by atoms with van der Waals surface area (Å²) in [5.74, 6) is 0. The molecule has 1 aliphatic heterocycles. The Bertz CT molecular complexity index is 940. The number of hydrogen-bond acceptors (Lipinski definition) is 4. The van der Waals surface area contributed by atoms with Crippen molar-refractivity contribution in [2.75, 3.05) is 26.3 Å². The van der Waals surface area contributed by atoms with Crippen LogP contribution in [0.5, 0.6) is 0 Å². The lowest BCUT2D eigenvalue weighted by atomic mass is 10.0. The van der Waals surface area contributed by atoms with Crippen molar-refractivity contribution in [2.24, 2.45) is 5.10 Å². The van der Waals surface area contributed by atoms with Gasteiger partial charge in [-0.15, -0.1) is 0 Å². The van der Waals surface area contributed by atoms with Crippen LogP contribution in [0, 0.1) is 13.8 Å². The van der Waals surface area contributed by atoms with Crippen molar-refractivity contribution >= 4 is 6.21 Å². The smallest absolute Gasteiger partial charge is 0.102 e. The first-order chi connectivity index (χ1) is 13.2. The summed E-state index contributed by atoms with van der Waals surface area (Å²) in [4.78, 5) is 0. The Hall–Kier alpha value is -2.92. The van der Waals surface area contributed by atoms with Gasteiger partial charge in [0.25, 0.3) is 0 Å². The fourth-order valence-electron chi connectivity index (χ4n) is 3.12. The third-order valence-electron chi connectivity index (χ3n) is 4.89. The van der Waals surface area contributed by atoms with Crippen LogP contribution in [0.1, 0.15) is 16.7 Å². The number of ether oxygens (including phenoxy) is 1. The Morgan fingerprint density at radius 1 is 1.00 bits per heavy atom. The predicted octanol–water partition coefficient (Wildman–Crippen LogP) is 3.82. The normalized spacial score (nSPS) is 14.8. The van der Waals surface area contributed by atoms with Crippen LogP contribution in [0.3, 0.4) is 0 Å². The van der Waals surface area contributed by atoms with Crippen molar-refractivity contribution < 1.29 is 4.74 Å². The van der Waals surface area contributed by atoms with E-state index in [1.165, 1.54) is 11.1 Å². The molecule has 0 bridgehead atoms. The summed E-state index contributed by atoms with van der Waals surface area (Å²) in [5, 5.41) is 11.6. The fraction of sp³-hybridized carbons (Fsp3) is 0.273. The summed E-state index contributed by atoms with van der Waals surface area (Å²) in [6.07, 6.45) is 3.96. The molecule has 0 N–H and O–H groups in total. The molecule has 2 heterocycles. The van der Waals surface area contributed by atoms with Crippen LogP contribution in [0.2, 0.25) is 0 Å². The molecule has 0 saturated carbocycles. The number of para-hydroxylation sites is 1. The average molecular weight is 360 g/mol. The first-order valence-electron chi connectivity index (χ1n) is 9.30. The molecule has 2 aromatic carbocycles. The summed E-state index contributed by atoms with van der Waals surface area (Å²) in [7, 11) is 0. The first kappa shape index (κ1) is 17.5. The fourth-order valence-corrected chi connectivity index (χ4v) is 3.12. The summed E-state index contributed by atoms with van der Waals surface area (Å²) < 4.78 is 7.32. The van der Waals surface area contributed by atoms with E-state index in [9.17, 15) is 0 Å². The number of morpholine rings is 1. The molecule has 138 valence electrons. The Morgan fingerprint density at radius 2 is 1.78 bits per heavy atom. The lowest BCUT2D eigenvalue weighted by Gasteiger charge is -2.23.